The molecule has 8 heteroatoms. The molecule has 0 aromatic heterocycles. The topological polar surface area (TPSA) is 99.1 Å². The van der Waals surface area contributed by atoms with Crippen molar-refractivity contribution >= 4 is 17.9 Å². The van der Waals surface area contributed by atoms with Crippen LogP contribution in [0, 0.1) is 0 Å². The maximum absolute atomic E-state index is 12.8. The van der Waals surface area contributed by atoms with Crippen LogP contribution in [0.25, 0.3) is 0 Å². The van der Waals surface area contributed by atoms with Gasteiger partial charge < -0.3 is 23.8 Å². The fourth-order valence-corrected chi connectivity index (χ4v) is 7.56. The van der Waals surface area contributed by atoms with Crippen molar-refractivity contribution in [2.75, 3.05) is 41.0 Å². The van der Waals surface area contributed by atoms with Crippen molar-refractivity contribution in [3.8, 4) is 0 Å². The van der Waals surface area contributed by atoms with E-state index >= 15 is 0 Å². The molecule has 0 amide bonds. The number of carbonyl (C=O) groups is 3. The standard InChI is InChI=1S/C50H95NO7/c1-6-8-10-12-14-16-18-20-22-24-25-27-29-31-33-35-37-39-41-49(53)58-46(44-56-43-42-47(50(54)55)51(3,4)5)45-57-48(52)40-38-36-34-32-30-28-26-23-21-19-17-15-13-11-9-7-2/h22,24,46-47H,6-21,23,25-45H2,1-5H3/p+1/b24-22-. The highest BCUT2D eigenvalue weighted by atomic mass is 16.6. The van der Waals surface area contributed by atoms with E-state index in [1.165, 1.54) is 167 Å². The van der Waals surface area contributed by atoms with Crippen LogP contribution in [0.3, 0.4) is 0 Å². The molecule has 1 N–H and O–H groups in total. The summed E-state index contributed by atoms with van der Waals surface area (Å²) in [6.07, 6.45) is 45.4. The van der Waals surface area contributed by atoms with Crippen molar-refractivity contribution in [2.45, 2.75) is 251 Å². The van der Waals surface area contributed by atoms with E-state index in [0.29, 0.717) is 19.3 Å². The van der Waals surface area contributed by atoms with Crippen LogP contribution in [0.5, 0.6) is 0 Å². The van der Waals surface area contributed by atoms with E-state index in [4.69, 9.17) is 14.2 Å². The molecule has 2 unspecified atom stereocenters. The third-order valence-corrected chi connectivity index (χ3v) is 11.4. The number of rotatable bonds is 45. The Labute approximate surface area is 359 Å². The minimum Gasteiger partial charge on any atom is -0.477 e. The molecule has 2 atom stereocenters. The van der Waals surface area contributed by atoms with E-state index in [2.05, 4.69) is 26.0 Å². The van der Waals surface area contributed by atoms with E-state index in [9.17, 15) is 19.5 Å². The van der Waals surface area contributed by atoms with Gasteiger partial charge in [0.15, 0.2) is 12.1 Å². The first-order valence-corrected chi connectivity index (χ1v) is 24.7. The molecule has 0 saturated carbocycles. The van der Waals surface area contributed by atoms with Gasteiger partial charge in [-0.2, -0.15) is 0 Å². The quantitative estimate of drug-likeness (QED) is 0.0283. The predicted octanol–water partition coefficient (Wildman–Crippen LogP) is 13.9. The molecule has 0 spiro atoms. The molecule has 0 aromatic rings. The fraction of sp³-hybridized carbons (Fsp3) is 0.900. The summed E-state index contributed by atoms with van der Waals surface area (Å²) < 4.78 is 17.3. The molecule has 0 saturated heterocycles. The highest BCUT2D eigenvalue weighted by molar-refractivity contribution is 5.72. The smallest absolute Gasteiger partial charge is 0.362 e. The molecule has 8 nitrogen and oxygen atoms in total. The number of ether oxygens (including phenoxy) is 3. The molecular weight excluding hydrogens is 727 g/mol. The predicted molar refractivity (Wildman–Crippen MR) is 243 cm³/mol. The normalized spacial score (nSPS) is 12.9. The van der Waals surface area contributed by atoms with Gasteiger partial charge in [0.1, 0.15) is 6.61 Å². The monoisotopic (exact) mass is 823 g/mol. The number of unbranched alkanes of at least 4 members (excludes halogenated alkanes) is 29. The number of carbonyl (C=O) groups excluding carboxylic acids is 2. The van der Waals surface area contributed by atoms with E-state index in [1.807, 2.05) is 21.1 Å². The molecule has 342 valence electrons. The summed E-state index contributed by atoms with van der Waals surface area (Å²) in [6.45, 7) is 4.77. The third kappa shape index (κ3) is 39.5. The maximum Gasteiger partial charge on any atom is 0.362 e. The zero-order valence-corrected chi connectivity index (χ0v) is 39.0. The van der Waals surface area contributed by atoms with Gasteiger partial charge in [-0.3, -0.25) is 9.59 Å². The van der Waals surface area contributed by atoms with Crippen LogP contribution in [0.1, 0.15) is 239 Å². The lowest BCUT2D eigenvalue weighted by atomic mass is 10.0. The first-order valence-electron chi connectivity index (χ1n) is 24.7. The SMILES string of the molecule is CCCCCCCCC/C=C\CCCCCCCCCC(=O)OC(COCCC(C(=O)O)[N+](C)(C)C)COC(=O)CCCCCCCCCCCCCCCCCC. The largest absolute Gasteiger partial charge is 0.477 e. The first kappa shape index (κ1) is 56.1. The number of carboxylic acid groups (broad SMARTS) is 1. The molecule has 58 heavy (non-hydrogen) atoms. The van der Waals surface area contributed by atoms with Gasteiger partial charge >= 0.3 is 17.9 Å². The van der Waals surface area contributed by atoms with Crippen LogP contribution < -0.4 is 0 Å². The number of hydrogen-bond donors (Lipinski definition) is 1. The van der Waals surface area contributed by atoms with Crippen LogP contribution in [0.15, 0.2) is 12.2 Å². The summed E-state index contributed by atoms with van der Waals surface area (Å²) in [4.78, 5) is 37.1. The third-order valence-electron chi connectivity index (χ3n) is 11.4. The number of quaternary nitrogens is 1. The van der Waals surface area contributed by atoms with Crippen molar-refractivity contribution in [1.82, 2.24) is 0 Å². The molecule has 0 heterocycles. The summed E-state index contributed by atoms with van der Waals surface area (Å²) in [5.74, 6) is -1.45. The average molecular weight is 823 g/mol. The number of likely N-dealkylation sites (N-methyl/N-ethyl adjacent to an activating group) is 1. The van der Waals surface area contributed by atoms with Gasteiger partial charge in [0.05, 0.1) is 34.4 Å². The second-order valence-electron chi connectivity index (χ2n) is 18.1. The summed E-state index contributed by atoms with van der Waals surface area (Å²) in [6, 6.07) is -0.611. The molecule has 0 bridgehead atoms. The number of carboxylic acids is 1. The van der Waals surface area contributed by atoms with Gasteiger partial charge in [-0.15, -0.1) is 0 Å². The summed E-state index contributed by atoms with van der Waals surface area (Å²) >= 11 is 0. The number of esters is 2. The van der Waals surface area contributed by atoms with Crippen LogP contribution in [0.4, 0.5) is 0 Å². The van der Waals surface area contributed by atoms with Gasteiger partial charge in [0.2, 0.25) is 0 Å². The maximum atomic E-state index is 12.8. The molecule has 0 aromatic carbocycles. The Morgan fingerprint density at radius 1 is 0.500 bits per heavy atom. The molecular formula is C50H96NO7+. The molecule has 0 aliphatic heterocycles. The highest BCUT2D eigenvalue weighted by Crippen LogP contribution is 2.16. The zero-order chi connectivity index (χ0) is 42.8. The Hall–Kier alpha value is -1.93. The number of allylic oxidation sites excluding steroid dienone is 2. The number of nitrogens with zero attached hydrogens (tertiary/aromatic N) is 1. The Kier molecular flexibility index (Phi) is 40.4. The lowest BCUT2D eigenvalue weighted by Crippen LogP contribution is -2.50. The molecule has 0 rings (SSSR count). The van der Waals surface area contributed by atoms with Crippen molar-refractivity contribution < 1.29 is 38.2 Å². The highest BCUT2D eigenvalue weighted by Gasteiger charge is 2.31. The van der Waals surface area contributed by atoms with Crippen molar-refractivity contribution in [2.24, 2.45) is 0 Å². The zero-order valence-electron chi connectivity index (χ0n) is 39.0. The van der Waals surface area contributed by atoms with Crippen LogP contribution in [0.2, 0.25) is 0 Å². The number of aliphatic carboxylic acids is 1. The van der Waals surface area contributed by atoms with E-state index in [-0.39, 0.29) is 36.2 Å². The van der Waals surface area contributed by atoms with E-state index in [1.54, 1.807) is 0 Å². The molecule has 0 aliphatic rings. The van der Waals surface area contributed by atoms with Crippen molar-refractivity contribution in [3.63, 3.8) is 0 Å². The van der Waals surface area contributed by atoms with Crippen molar-refractivity contribution in [1.29, 1.82) is 0 Å². The molecule has 0 radical (unpaired) electrons. The minimum absolute atomic E-state index is 0.0462. The van der Waals surface area contributed by atoms with Crippen LogP contribution in [-0.2, 0) is 28.6 Å². The van der Waals surface area contributed by atoms with Gasteiger partial charge in [0, 0.05) is 19.3 Å². The van der Waals surface area contributed by atoms with Crippen molar-refractivity contribution in [3.05, 3.63) is 12.2 Å². The Morgan fingerprint density at radius 2 is 0.862 bits per heavy atom. The first-order chi connectivity index (χ1) is 28.1. The van der Waals surface area contributed by atoms with Crippen LogP contribution in [-0.4, -0.2) is 80.6 Å². The van der Waals surface area contributed by atoms with Gasteiger partial charge in [0.25, 0.3) is 0 Å². The van der Waals surface area contributed by atoms with E-state index < -0.39 is 18.1 Å². The Bertz CT molecular complexity index is 962. The summed E-state index contributed by atoms with van der Waals surface area (Å²) in [5.41, 5.74) is 0. The lowest BCUT2D eigenvalue weighted by Gasteiger charge is -2.31. The summed E-state index contributed by atoms with van der Waals surface area (Å²) in [5, 5.41) is 9.64. The van der Waals surface area contributed by atoms with Crippen LogP contribution >= 0.6 is 0 Å². The minimum atomic E-state index is -0.872. The molecule has 0 fully saturated rings. The Morgan fingerprint density at radius 3 is 1.24 bits per heavy atom. The van der Waals surface area contributed by atoms with Gasteiger partial charge in [-0.1, -0.05) is 193 Å². The molecule has 0 aliphatic carbocycles. The lowest BCUT2D eigenvalue weighted by molar-refractivity contribution is -0.887. The summed E-state index contributed by atoms with van der Waals surface area (Å²) in [7, 11) is 5.54. The fourth-order valence-electron chi connectivity index (χ4n) is 7.56. The number of hydrogen-bond acceptors (Lipinski definition) is 6. The second kappa shape index (κ2) is 41.8. The van der Waals surface area contributed by atoms with Gasteiger partial charge in [-0.25, -0.2) is 4.79 Å². The Balaban J connectivity index is 4.25. The van der Waals surface area contributed by atoms with Gasteiger partial charge in [-0.05, 0) is 38.5 Å². The average Bonchev–Trinajstić information content (AvgIpc) is 3.18. The second-order valence-corrected chi connectivity index (χ2v) is 18.1. The van der Waals surface area contributed by atoms with E-state index in [0.717, 1.165) is 38.5 Å².